The summed E-state index contributed by atoms with van der Waals surface area (Å²) in [6.07, 6.45) is 0.894. The molecule has 0 saturated heterocycles. The summed E-state index contributed by atoms with van der Waals surface area (Å²) in [6, 6.07) is 3.87. The van der Waals surface area contributed by atoms with Crippen molar-refractivity contribution in [2.24, 2.45) is 0 Å². The number of nitrogens with zero attached hydrogens (tertiary/aromatic N) is 1. The standard InChI is InChI=1S/C11H11NO3/c1-7(13)12-3-2-8-4-10-11(5-9(8)12)15-6-14-10/h4-5H,2-3,6H2,1H3. The Hall–Kier alpha value is -1.71. The topological polar surface area (TPSA) is 38.8 Å². The van der Waals surface area contributed by atoms with Gasteiger partial charge in [-0.25, -0.2) is 0 Å². The zero-order chi connectivity index (χ0) is 10.4. The Balaban J connectivity index is 2.10. The van der Waals surface area contributed by atoms with E-state index in [0.717, 1.165) is 35.7 Å². The number of hydrogen-bond donors (Lipinski definition) is 0. The molecule has 1 amide bonds. The maximum atomic E-state index is 11.4. The van der Waals surface area contributed by atoms with E-state index in [1.54, 1.807) is 11.8 Å². The van der Waals surface area contributed by atoms with Crippen LogP contribution in [0.25, 0.3) is 0 Å². The molecule has 4 heteroatoms. The third-order valence-corrected chi connectivity index (χ3v) is 2.85. The number of benzene rings is 1. The van der Waals surface area contributed by atoms with Crippen LogP contribution in [0, 0.1) is 0 Å². The highest BCUT2D eigenvalue weighted by Crippen LogP contribution is 2.40. The van der Waals surface area contributed by atoms with Crippen LogP contribution in [-0.4, -0.2) is 19.2 Å². The summed E-state index contributed by atoms with van der Waals surface area (Å²) >= 11 is 0. The highest BCUT2D eigenvalue weighted by atomic mass is 16.7. The number of amides is 1. The maximum Gasteiger partial charge on any atom is 0.231 e. The minimum Gasteiger partial charge on any atom is -0.454 e. The van der Waals surface area contributed by atoms with Crippen molar-refractivity contribution < 1.29 is 14.3 Å². The number of carbonyl (C=O) groups is 1. The molecule has 0 radical (unpaired) electrons. The predicted molar refractivity (Wildman–Crippen MR) is 54.3 cm³/mol. The number of ether oxygens (including phenoxy) is 2. The van der Waals surface area contributed by atoms with Gasteiger partial charge in [-0.2, -0.15) is 0 Å². The predicted octanol–water partition coefficient (Wildman–Crippen LogP) is 1.32. The van der Waals surface area contributed by atoms with Gasteiger partial charge in [0.25, 0.3) is 0 Å². The Morgan fingerprint density at radius 2 is 2.07 bits per heavy atom. The van der Waals surface area contributed by atoms with Gasteiger partial charge in [0.05, 0.1) is 5.69 Å². The van der Waals surface area contributed by atoms with Gasteiger partial charge in [0.1, 0.15) is 0 Å². The Bertz CT molecular complexity index is 442. The van der Waals surface area contributed by atoms with E-state index in [0.29, 0.717) is 0 Å². The highest BCUT2D eigenvalue weighted by Gasteiger charge is 2.26. The Kier molecular flexibility index (Phi) is 1.65. The molecule has 2 aliphatic heterocycles. The molecule has 1 aromatic rings. The lowest BCUT2D eigenvalue weighted by molar-refractivity contribution is -0.116. The summed E-state index contributed by atoms with van der Waals surface area (Å²) in [4.78, 5) is 13.1. The Morgan fingerprint density at radius 1 is 1.33 bits per heavy atom. The molecule has 78 valence electrons. The third-order valence-electron chi connectivity index (χ3n) is 2.85. The molecule has 0 fully saturated rings. The molecule has 0 N–H and O–H groups in total. The monoisotopic (exact) mass is 205 g/mol. The zero-order valence-electron chi connectivity index (χ0n) is 8.45. The molecule has 2 aliphatic rings. The van der Waals surface area contributed by atoms with Gasteiger partial charge in [-0.3, -0.25) is 4.79 Å². The molecule has 0 saturated carbocycles. The van der Waals surface area contributed by atoms with E-state index in [2.05, 4.69) is 0 Å². The highest BCUT2D eigenvalue weighted by molar-refractivity contribution is 5.94. The van der Waals surface area contributed by atoms with Crippen molar-refractivity contribution in [3.8, 4) is 11.5 Å². The van der Waals surface area contributed by atoms with Gasteiger partial charge in [-0.05, 0) is 18.1 Å². The average Bonchev–Trinajstić information content (AvgIpc) is 2.77. The van der Waals surface area contributed by atoms with E-state index >= 15 is 0 Å². The first-order valence-electron chi connectivity index (χ1n) is 4.96. The van der Waals surface area contributed by atoms with Crippen LogP contribution in [0.3, 0.4) is 0 Å². The molecule has 2 heterocycles. The maximum absolute atomic E-state index is 11.4. The molecule has 0 aromatic heterocycles. The lowest BCUT2D eigenvalue weighted by Gasteiger charge is -2.14. The largest absolute Gasteiger partial charge is 0.454 e. The molecular weight excluding hydrogens is 194 g/mol. The molecule has 0 bridgehead atoms. The van der Waals surface area contributed by atoms with Crippen LogP contribution in [-0.2, 0) is 11.2 Å². The lowest BCUT2D eigenvalue weighted by Crippen LogP contribution is -2.25. The third kappa shape index (κ3) is 1.17. The summed E-state index contributed by atoms with van der Waals surface area (Å²) in [7, 11) is 0. The minimum atomic E-state index is 0.0765. The van der Waals surface area contributed by atoms with Gasteiger partial charge >= 0.3 is 0 Å². The van der Waals surface area contributed by atoms with Crippen molar-refractivity contribution in [3.63, 3.8) is 0 Å². The summed E-state index contributed by atoms with van der Waals surface area (Å²) < 4.78 is 10.6. The van der Waals surface area contributed by atoms with Crippen molar-refractivity contribution in [2.45, 2.75) is 13.3 Å². The molecule has 4 nitrogen and oxygen atoms in total. The van der Waals surface area contributed by atoms with Crippen LogP contribution in [0.2, 0.25) is 0 Å². The number of hydrogen-bond acceptors (Lipinski definition) is 3. The number of rotatable bonds is 0. The summed E-state index contributed by atoms with van der Waals surface area (Å²) in [5.74, 6) is 1.61. The number of anilines is 1. The normalized spacial score (nSPS) is 16.7. The first-order chi connectivity index (χ1) is 7.25. The molecule has 0 unspecified atom stereocenters. The average molecular weight is 205 g/mol. The molecule has 0 atom stereocenters. The van der Waals surface area contributed by atoms with Crippen molar-refractivity contribution in [1.29, 1.82) is 0 Å². The second-order valence-electron chi connectivity index (χ2n) is 3.75. The zero-order valence-corrected chi connectivity index (χ0v) is 8.45. The van der Waals surface area contributed by atoms with E-state index in [1.165, 1.54) is 0 Å². The summed E-state index contributed by atoms with van der Waals surface area (Å²) in [6.45, 7) is 2.62. The lowest BCUT2D eigenvalue weighted by atomic mass is 10.1. The summed E-state index contributed by atoms with van der Waals surface area (Å²) in [5.41, 5.74) is 2.13. The fourth-order valence-corrected chi connectivity index (χ4v) is 2.10. The SMILES string of the molecule is CC(=O)N1CCc2cc3c(cc21)OCO3. The molecule has 1 aromatic carbocycles. The van der Waals surface area contributed by atoms with E-state index in [1.807, 2.05) is 12.1 Å². The van der Waals surface area contributed by atoms with Gasteiger partial charge in [-0.15, -0.1) is 0 Å². The minimum absolute atomic E-state index is 0.0765. The second-order valence-corrected chi connectivity index (χ2v) is 3.75. The quantitative estimate of drug-likeness (QED) is 0.641. The number of carbonyl (C=O) groups excluding carboxylic acids is 1. The van der Waals surface area contributed by atoms with E-state index in [4.69, 9.17) is 9.47 Å². The Labute approximate surface area is 87.4 Å². The van der Waals surface area contributed by atoms with E-state index < -0.39 is 0 Å². The van der Waals surface area contributed by atoms with Crippen molar-refractivity contribution in [3.05, 3.63) is 17.7 Å². The molecule has 3 rings (SSSR count). The second kappa shape index (κ2) is 2.89. The van der Waals surface area contributed by atoms with Crippen molar-refractivity contribution >= 4 is 11.6 Å². The first kappa shape index (κ1) is 8.59. The van der Waals surface area contributed by atoms with Gasteiger partial charge < -0.3 is 14.4 Å². The van der Waals surface area contributed by atoms with Crippen LogP contribution < -0.4 is 14.4 Å². The van der Waals surface area contributed by atoms with Crippen LogP contribution in [0.15, 0.2) is 12.1 Å². The Morgan fingerprint density at radius 3 is 2.80 bits per heavy atom. The van der Waals surface area contributed by atoms with Crippen LogP contribution in [0.1, 0.15) is 12.5 Å². The van der Waals surface area contributed by atoms with Crippen LogP contribution in [0.5, 0.6) is 11.5 Å². The van der Waals surface area contributed by atoms with E-state index in [-0.39, 0.29) is 12.7 Å². The van der Waals surface area contributed by atoms with Gasteiger partial charge in [-0.1, -0.05) is 0 Å². The number of fused-ring (bicyclic) bond motifs is 2. The fourth-order valence-electron chi connectivity index (χ4n) is 2.10. The van der Waals surface area contributed by atoms with Crippen LogP contribution >= 0.6 is 0 Å². The fraction of sp³-hybridized carbons (Fsp3) is 0.364. The van der Waals surface area contributed by atoms with Gasteiger partial charge in [0, 0.05) is 19.5 Å². The summed E-state index contributed by atoms with van der Waals surface area (Å²) in [5, 5.41) is 0. The molecular formula is C11H11NO3. The molecule has 15 heavy (non-hydrogen) atoms. The van der Waals surface area contributed by atoms with Crippen molar-refractivity contribution in [2.75, 3.05) is 18.2 Å². The van der Waals surface area contributed by atoms with E-state index in [9.17, 15) is 4.79 Å². The first-order valence-corrected chi connectivity index (χ1v) is 4.96. The smallest absolute Gasteiger partial charge is 0.231 e. The molecule has 0 aliphatic carbocycles. The van der Waals surface area contributed by atoms with Gasteiger partial charge in [0.2, 0.25) is 12.7 Å². The van der Waals surface area contributed by atoms with Crippen molar-refractivity contribution in [1.82, 2.24) is 0 Å². The van der Waals surface area contributed by atoms with Gasteiger partial charge in [0.15, 0.2) is 11.5 Å². The van der Waals surface area contributed by atoms with Crippen LogP contribution in [0.4, 0.5) is 5.69 Å². The molecule has 0 spiro atoms.